The number of aryl methyl sites for hydroxylation is 1. The second kappa shape index (κ2) is 6.59. The molecule has 3 atom stereocenters. The second-order valence-corrected chi connectivity index (χ2v) is 6.07. The first-order valence-corrected chi connectivity index (χ1v) is 7.58. The molecule has 2 heterocycles. The van der Waals surface area contributed by atoms with Gasteiger partial charge in [-0.15, -0.1) is 0 Å². The summed E-state index contributed by atoms with van der Waals surface area (Å²) in [4.78, 5) is 7.17. The maximum Gasteiger partial charge on any atom is 0.206 e. The zero-order valence-electron chi connectivity index (χ0n) is 13.2. The molecular formula is C15H28N4O. The second-order valence-electron chi connectivity index (χ2n) is 6.07. The van der Waals surface area contributed by atoms with E-state index in [1.54, 1.807) is 7.11 Å². The van der Waals surface area contributed by atoms with Gasteiger partial charge in [0, 0.05) is 25.9 Å². The summed E-state index contributed by atoms with van der Waals surface area (Å²) >= 11 is 0. The largest absolute Gasteiger partial charge is 0.383 e. The van der Waals surface area contributed by atoms with Gasteiger partial charge in [-0.2, -0.15) is 0 Å². The Hall–Kier alpha value is -1.07. The van der Waals surface area contributed by atoms with E-state index in [9.17, 15) is 0 Å². The van der Waals surface area contributed by atoms with E-state index in [4.69, 9.17) is 15.5 Å². The highest BCUT2D eigenvalue weighted by Crippen LogP contribution is 2.28. The average molecular weight is 280 g/mol. The lowest BCUT2D eigenvalue weighted by atomic mass is 9.94. The number of nitrogens with two attached hydrogens (primary N) is 1. The Morgan fingerprint density at radius 2 is 2.25 bits per heavy atom. The summed E-state index contributed by atoms with van der Waals surface area (Å²) in [6.07, 6.45) is 4.53. The van der Waals surface area contributed by atoms with Crippen molar-refractivity contribution >= 4 is 5.95 Å². The topological polar surface area (TPSA) is 56.3 Å². The predicted molar refractivity (Wildman–Crippen MR) is 82.1 cm³/mol. The molecular weight excluding hydrogens is 252 g/mol. The Balaban J connectivity index is 2.26. The van der Waals surface area contributed by atoms with Crippen molar-refractivity contribution in [2.24, 2.45) is 11.7 Å². The van der Waals surface area contributed by atoms with Crippen molar-refractivity contribution in [3.63, 3.8) is 0 Å². The van der Waals surface area contributed by atoms with Crippen LogP contribution in [-0.4, -0.2) is 42.4 Å². The Bertz CT molecular complexity index is 432. The fraction of sp³-hybridized carbons (Fsp3) is 0.800. The van der Waals surface area contributed by atoms with Crippen LogP contribution in [0.5, 0.6) is 0 Å². The van der Waals surface area contributed by atoms with Crippen LogP contribution in [0, 0.1) is 12.8 Å². The fourth-order valence-corrected chi connectivity index (χ4v) is 3.02. The van der Waals surface area contributed by atoms with Crippen LogP contribution in [0.2, 0.25) is 0 Å². The summed E-state index contributed by atoms with van der Waals surface area (Å²) in [6.45, 7) is 8.97. The molecule has 0 amide bonds. The van der Waals surface area contributed by atoms with Gasteiger partial charge in [0.1, 0.15) is 0 Å². The zero-order chi connectivity index (χ0) is 14.7. The highest BCUT2D eigenvalue weighted by Gasteiger charge is 2.28. The number of rotatable bonds is 5. The van der Waals surface area contributed by atoms with E-state index in [1.165, 1.54) is 12.8 Å². The minimum atomic E-state index is 0.293. The van der Waals surface area contributed by atoms with Crippen LogP contribution >= 0.6 is 0 Å². The van der Waals surface area contributed by atoms with Crippen molar-refractivity contribution in [1.82, 2.24) is 9.55 Å². The number of methoxy groups -OCH3 is 1. The summed E-state index contributed by atoms with van der Waals surface area (Å²) < 4.78 is 7.54. The monoisotopic (exact) mass is 280 g/mol. The van der Waals surface area contributed by atoms with Gasteiger partial charge in [-0.1, -0.05) is 0 Å². The minimum absolute atomic E-state index is 0.293. The van der Waals surface area contributed by atoms with Crippen LogP contribution in [-0.2, 0) is 4.74 Å². The lowest BCUT2D eigenvalue weighted by Gasteiger charge is -2.39. The summed E-state index contributed by atoms with van der Waals surface area (Å²) in [6, 6.07) is 0.815. The molecule has 0 aromatic carbocycles. The number of imidazole rings is 1. The van der Waals surface area contributed by atoms with Crippen LogP contribution < -0.4 is 10.6 Å². The smallest absolute Gasteiger partial charge is 0.206 e. The molecule has 3 unspecified atom stereocenters. The molecule has 0 radical (unpaired) electrons. The first kappa shape index (κ1) is 15.3. The first-order valence-electron chi connectivity index (χ1n) is 7.58. The van der Waals surface area contributed by atoms with Gasteiger partial charge in [0.15, 0.2) is 0 Å². The summed E-state index contributed by atoms with van der Waals surface area (Å²) in [7, 11) is 1.74. The van der Waals surface area contributed by atoms with Gasteiger partial charge in [0.25, 0.3) is 0 Å². The van der Waals surface area contributed by atoms with Crippen molar-refractivity contribution < 1.29 is 4.74 Å². The van der Waals surface area contributed by atoms with Crippen LogP contribution in [0.1, 0.15) is 38.4 Å². The van der Waals surface area contributed by atoms with Crippen LogP contribution in [0.15, 0.2) is 6.20 Å². The number of nitrogens with zero attached hydrogens (tertiary/aromatic N) is 3. The number of hydrogen-bond acceptors (Lipinski definition) is 4. The number of ether oxygens (including phenoxy) is 1. The van der Waals surface area contributed by atoms with Gasteiger partial charge >= 0.3 is 0 Å². The molecule has 0 aliphatic carbocycles. The van der Waals surface area contributed by atoms with Gasteiger partial charge in [-0.3, -0.25) is 0 Å². The maximum absolute atomic E-state index is 5.87. The first-order chi connectivity index (χ1) is 9.56. The highest BCUT2D eigenvalue weighted by molar-refractivity contribution is 5.36. The molecule has 1 saturated heterocycles. The molecule has 5 heteroatoms. The molecule has 1 aliphatic heterocycles. The van der Waals surface area contributed by atoms with Crippen molar-refractivity contribution in [3.8, 4) is 0 Å². The van der Waals surface area contributed by atoms with E-state index in [1.807, 2.05) is 0 Å². The molecule has 1 aromatic rings. The third kappa shape index (κ3) is 3.15. The van der Waals surface area contributed by atoms with Crippen molar-refractivity contribution in [2.75, 3.05) is 31.7 Å². The van der Waals surface area contributed by atoms with E-state index in [-0.39, 0.29) is 0 Å². The standard InChI is InChI=1S/C15H28N4O/c1-11-8-18(13(3)10-20-4)15(17-11)19-9-14(7-16)6-5-12(19)2/h8,12-14H,5-7,9-10,16H2,1-4H3. The van der Waals surface area contributed by atoms with E-state index >= 15 is 0 Å². The average Bonchev–Trinajstić information content (AvgIpc) is 2.81. The molecule has 0 spiro atoms. The summed E-state index contributed by atoms with van der Waals surface area (Å²) in [5.74, 6) is 1.65. The van der Waals surface area contributed by atoms with Gasteiger partial charge in [-0.25, -0.2) is 4.98 Å². The van der Waals surface area contributed by atoms with E-state index in [2.05, 4.69) is 36.4 Å². The molecule has 0 saturated carbocycles. The zero-order valence-corrected chi connectivity index (χ0v) is 13.2. The number of hydrogen-bond donors (Lipinski definition) is 1. The molecule has 114 valence electrons. The lowest BCUT2D eigenvalue weighted by Crippen LogP contribution is -2.45. The molecule has 2 N–H and O–H groups in total. The highest BCUT2D eigenvalue weighted by atomic mass is 16.5. The molecule has 1 aliphatic rings. The third-order valence-electron chi connectivity index (χ3n) is 4.29. The van der Waals surface area contributed by atoms with Crippen molar-refractivity contribution in [2.45, 2.75) is 45.7 Å². The molecule has 2 rings (SSSR count). The predicted octanol–water partition coefficient (Wildman–Crippen LogP) is 1.96. The SMILES string of the molecule is COCC(C)n1cc(C)nc1N1CC(CN)CCC1C. The molecule has 0 bridgehead atoms. The quantitative estimate of drug-likeness (QED) is 0.896. The van der Waals surface area contributed by atoms with E-state index < -0.39 is 0 Å². The minimum Gasteiger partial charge on any atom is -0.383 e. The Morgan fingerprint density at radius 1 is 1.50 bits per heavy atom. The fourth-order valence-electron chi connectivity index (χ4n) is 3.02. The Kier molecular flexibility index (Phi) is 5.05. The van der Waals surface area contributed by atoms with Crippen LogP contribution in [0.25, 0.3) is 0 Å². The number of anilines is 1. The molecule has 1 fully saturated rings. The van der Waals surface area contributed by atoms with Crippen molar-refractivity contribution in [3.05, 3.63) is 11.9 Å². The number of piperidine rings is 1. The van der Waals surface area contributed by atoms with Crippen molar-refractivity contribution in [1.29, 1.82) is 0 Å². The van der Waals surface area contributed by atoms with Gasteiger partial charge in [-0.05, 0) is 46.1 Å². The Labute approximate surface area is 122 Å². The lowest BCUT2D eigenvalue weighted by molar-refractivity contribution is 0.162. The number of aromatic nitrogens is 2. The summed E-state index contributed by atoms with van der Waals surface area (Å²) in [5, 5.41) is 0. The molecule has 1 aromatic heterocycles. The molecule has 5 nitrogen and oxygen atoms in total. The van der Waals surface area contributed by atoms with Gasteiger partial charge in [0.2, 0.25) is 5.95 Å². The van der Waals surface area contributed by atoms with Gasteiger partial charge in [0.05, 0.1) is 18.3 Å². The van der Waals surface area contributed by atoms with Gasteiger partial charge < -0.3 is 19.9 Å². The third-order valence-corrected chi connectivity index (χ3v) is 4.29. The normalized spacial score (nSPS) is 24.9. The maximum atomic E-state index is 5.87. The Morgan fingerprint density at radius 3 is 2.90 bits per heavy atom. The van der Waals surface area contributed by atoms with E-state index in [0.29, 0.717) is 24.6 Å². The van der Waals surface area contributed by atoms with Crippen LogP contribution in [0.4, 0.5) is 5.95 Å². The van der Waals surface area contributed by atoms with Crippen LogP contribution in [0.3, 0.4) is 0 Å². The van der Waals surface area contributed by atoms with E-state index in [0.717, 1.165) is 24.7 Å². The summed E-state index contributed by atoms with van der Waals surface area (Å²) in [5.41, 5.74) is 6.93. The molecule has 20 heavy (non-hydrogen) atoms.